The lowest BCUT2D eigenvalue weighted by atomic mass is 9.98. The first kappa shape index (κ1) is 24.3. The normalized spacial score (nSPS) is 14.0. The zero-order valence-corrected chi connectivity index (χ0v) is 19.1. The molecule has 0 radical (unpaired) electrons. The predicted molar refractivity (Wildman–Crippen MR) is 122 cm³/mol. The van der Waals surface area contributed by atoms with Gasteiger partial charge in [0, 0.05) is 13.0 Å². The second kappa shape index (κ2) is 11.0. The molecule has 0 fully saturated rings. The summed E-state index contributed by atoms with van der Waals surface area (Å²) in [6.45, 7) is 3.45. The summed E-state index contributed by atoms with van der Waals surface area (Å²) in [4.78, 5) is 41.1. The second-order valence-electron chi connectivity index (χ2n) is 8.27. The molecule has 0 heterocycles. The second-order valence-corrected chi connectivity index (χ2v) is 8.27. The number of carboxylic acid groups (broad SMARTS) is 1. The third kappa shape index (κ3) is 5.90. The van der Waals surface area contributed by atoms with Gasteiger partial charge in [0.2, 0.25) is 0 Å². The number of carboxylic acids is 1. The van der Waals surface area contributed by atoms with Crippen LogP contribution in [0.15, 0.2) is 48.5 Å². The van der Waals surface area contributed by atoms with E-state index in [9.17, 15) is 14.4 Å². The molecule has 2 N–H and O–H groups in total. The summed E-state index contributed by atoms with van der Waals surface area (Å²) in [5.41, 5.74) is 4.45. The molecular formula is C25H30N2O6. The first-order valence-corrected chi connectivity index (χ1v) is 11.1. The van der Waals surface area contributed by atoms with Crippen molar-refractivity contribution in [1.29, 1.82) is 0 Å². The van der Waals surface area contributed by atoms with Gasteiger partial charge in [-0.2, -0.15) is 0 Å². The Hall–Kier alpha value is -3.39. The first-order chi connectivity index (χ1) is 15.8. The number of aliphatic carboxylic acids is 1. The lowest BCUT2D eigenvalue weighted by Gasteiger charge is -2.25. The zero-order valence-electron chi connectivity index (χ0n) is 19.1. The summed E-state index contributed by atoms with van der Waals surface area (Å²) >= 11 is 0. The maximum Gasteiger partial charge on any atom is 0.407 e. The fourth-order valence-electron chi connectivity index (χ4n) is 4.01. The number of benzene rings is 2. The van der Waals surface area contributed by atoms with E-state index >= 15 is 0 Å². The van der Waals surface area contributed by atoms with Gasteiger partial charge in [-0.3, -0.25) is 9.63 Å². The molecule has 0 spiro atoms. The molecule has 3 rings (SSSR count). The van der Waals surface area contributed by atoms with Crippen LogP contribution in [-0.4, -0.2) is 54.4 Å². The Morgan fingerprint density at radius 2 is 1.64 bits per heavy atom. The van der Waals surface area contributed by atoms with Crippen molar-refractivity contribution >= 4 is 18.0 Å². The fraction of sp³-hybridized carbons (Fsp3) is 0.400. The minimum Gasteiger partial charge on any atom is -0.479 e. The molecule has 2 aromatic carbocycles. The van der Waals surface area contributed by atoms with E-state index in [0.717, 1.165) is 33.7 Å². The molecule has 176 valence electrons. The molecule has 0 bridgehead atoms. The van der Waals surface area contributed by atoms with Crippen LogP contribution in [0.4, 0.5) is 4.79 Å². The number of hydrogen-bond acceptors (Lipinski definition) is 5. The number of fused-ring (bicyclic) bond motifs is 3. The highest BCUT2D eigenvalue weighted by Crippen LogP contribution is 2.44. The Balaban J connectivity index is 1.67. The molecule has 2 unspecified atom stereocenters. The number of alkyl carbamates (subject to hydrolysis) is 1. The molecule has 1 aliphatic carbocycles. The van der Waals surface area contributed by atoms with Crippen molar-refractivity contribution in [3.05, 3.63) is 59.7 Å². The average Bonchev–Trinajstić information content (AvgIpc) is 3.13. The lowest BCUT2D eigenvalue weighted by Crippen LogP contribution is -2.48. The molecule has 1 aliphatic rings. The van der Waals surface area contributed by atoms with E-state index in [1.165, 1.54) is 7.05 Å². The van der Waals surface area contributed by atoms with Crippen molar-refractivity contribution in [2.45, 2.75) is 38.6 Å². The lowest BCUT2D eigenvalue weighted by molar-refractivity contribution is -0.187. The number of amides is 2. The molecule has 2 aromatic rings. The van der Waals surface area contributed by atoms with Crippen LogP contribution in [0.2, 0.25) is 0 Å². The van der Waals surface area contributed by atoms with Crippen molar-refractivity contribution in [1.82, 2.24) is 10.4 Å². The van der Waals surface area contributed by atoms with Crippen LogP contribution >= 0.6 is 0 Å². The minimum atomic E-state index is -1.20. The number of carbonyl (C=O) groups excluding carboxylic acids is 2. The van der Waals surface area contributed by atoms with Crippen LogP contribution in [0, 0.1) is 5.92 Å². The van der Waals surface area contributed by atoms with E-state index in [1.54, 1.807) is 0 Å². The van der Waals surface area contributed by atoms with Crippen LogP contribution in [-0.2, 0) is 19.2 Å². The maximum absolute atomic E-state index is 12.8. The molecule has 8 heteroatoms. The summed E-state index contributed by atoms with van der Waals surface area (Å²) < 4.78 is 5.56. The predicted octanol–water partition coefficient (Wildman–Crippen LogP) is 3.80. The van der Waals surface area contributed by atoms with Crippen molar-refractivity contribution in [3.63, 3.8) is 0 Å². The van der Waals surface area contributed by atoms with Crippen molar-refractivity contribution in [2.24, 2.45) is 5.92 Å². The average molecular weight is 455 g/mol. The maximum atomic E-state index is 12.8. The smallest absolute Gasteiger partial charge is 0.407 e. The zero-order chi connectivity index (χ0) is 24.0. The van der Waals surface area contributed by atoms with E-state index in [2.05, 4.69) is 17.4 Å². The standard InChI is InChI=1S/C25H30N2O6/c1-4-16(2)13-22(24(30)27(3)33-15-23(28)29)26-25(31)32-14-21-19-11-7-5-9-17(19)18-10-6-8-12-20(18)21/h5-12,16,21-22H,4,13-15H2,1-3H3,(H,26,31)(H,28,29). The van der Waals surface area contributed by atoms with Gasteiger partial charge in [0.1, 0.15) is 12.6 Å². The van der Waals surface area contributed by atoms with Gasteiger partial charge >= 0.3 is 12.1 Å². The molecule has 33 heavy (non-hydrogen) atoms. The summed E-state index contributed by atoms with van der Waals surface area (Å²) in [7, 11) is 1.33. The number of carbonyl (C=O) groups is 3. The molecule has 2 amide bonds. The minimum absolute atomic E-state index is 0.0894. The van der Waals surface area contributed by atoms with Gasteiger partial charge in [-0.05, 0) is 34.6 Å². The Kier molecular flexibility index (Phi) is 8.06. The fourth-order valence-corrected chi connectivity index (χ4v) is 4.01. The van der Waals surface area contributed by atoms with Crippen molar-refractivity contribution in [2.75, 3.05) is 20.3 Å². The summed E-state index contributed by atoms with van der Waals surface area (Å²) in [6, 6.07) is 15.2. The third-order valence-corrected chi connectivity index (χ3v) is 5.96. The number of hydroxylamine groups is 2. The highest BCUT2D eigenvalue weighted by Gasteiger charge is 2.31. The van der Waals surface area contributed by atoms with Gasteiger partial charge < -0.3 is 15.2 Å². The van der Waals surface area contributed by atoms with E-state index in [-0.39, 0.29) is 18.4 Å². The van der Waals surface area contributed by atoms with Crippen LogP contribution in [0.1, 0.15) is 43.7 Å². The molecule has 0 aromatic heterocycles. The van der Waals surface area contributed by atoms with Crippen LogP contribution < -0.4 is 5.32 Å². The van der Waals surface area contributed by atoms with E-state index < -0.39 is 30.6 Å². The summed E-state index contributed by atoms with van der Waals surface area (Å²) in [5.74, 6) is -1.67. The summed E-state index contributed by atoms with van der Waals surface area (Å²) in [5, 5.41) is 12.3. The molecule has 8 nitrogen and oxygen atoms in total. The third-order valence-electron chi connectivity index (χ3n) is 5.96. The topological polar surface area (TPSA) is 105 Å². The molecule has 0 saturated heterocycles. The number of likely N-dealkylation sites (N-methyl/N-ethyl adjacent to an activating group) is 1. The van der Waals surface area contributed by atoms with Gasteiger partial charge in [-0.15, -0.1) is 0 Å². The Labute approximate surface area is 193 Å². The van der Waals surface area contributed by atoms with E-state index in [1.807, 2.05) is 50.2 Å². The van der Waals surface area contributed by atoms with Crippen LogP contribution in [0.5, 0.6) is 0 Å². The molecule has 0 aliphatic heterocycles. The SMILES string of the molecule is CCC(C)CC(NC(=O)OCC1c2ccccc2-c2ccccc21)C(=O)N(C)OCC(=O)O. The Morgan fingerprint density at radius 1 is 1.06 bits per heavy atom. The van der Waals surface area contributed by atoms with Gasteiger partial charge in [0.05, 0.1) is 0 Å². The Morgan fingerprint density at radius 3 is 2.18 bits per heavy atom. The molecule has 2 atom stereocenters. The number of nitrogens with zero attached hydrogens (tertiary/aromatic N) is 1. The number of rotatable bonds is 10. The van der Waals surface area contributed by atoms with Gasteiger partial charge in [-0.1, -0.05) is 68.8 Å². The van der Waals surface area contributed by atoms with Crippen LogP contribution in [0.25, 0.3) is 11.1 Å². The highest BCUT2D eigenvalue weighted by atomic mass is 16.7. The van der Waals surface area contributed by atoms with Crippen molar-refractivity contribution in [3.8, 4) is 11.1 Å². The van der Waals surface area contributed by atoms with Crippen molar-refractivity contribution < 1.29 is 29.1 Å². The van der Waals surface area contributed by atoms with Crippen LogP contribution in [0.3, 0.4) is 0 Å². The number of hydrogen-bond donors (Lipinski definition) is 2. The van der Waals surface area contributed by atoms with Gasteiger partial charge in [-0.25, -0.2) is 14.7 Å². The highest BCUT2D eigenvalue weighted by molar-refractivity contribution is 5.85. The van der Waals surface area contributed by atoms with Gasteiger partial charge in [0.15, 0.2) is 6.61 Å². The number of ether oxygens (including phenoxy) is 1. The Bertz CT molecular complexity index is 962. The quantitative estimate of drug-likeness (QED) is 0.529. The summed E-state index contributed by atoms with van der Waals surface area (Å²) in [6.07, 6.45) is 0.487. The largest absolute Gasteiger partial charge is 0.479 e. The first-order valence-electron chi connectivity index (χ1n) is 11.1. The monoisotopic (exact) mass is 454 g/mol. The van der Waals surface area contributed by atoms with E-state index in [4.69, 9.17) is 14.7 Å². The van der Waals surface area contributed by atoms with E-state index in [0.29, 0.717) is 6.42 Å². The molecule has 0 saturated carbocycles. The molecular weight excluding hydrogens is 424 g/mol. The number of nitrogens with one attached hydrogen (secondary N) is 1. The van der Waals surface area contributed by atoms with Gasteiger partial charge in [0.25, 0.3) is 5.91 Å².